The molecule has 10 heteroatoms. The summed E-state index contributed by atoms with van der Waals surface area (Å²) in [5, 5.41) is 8.33. The van der Waals surface area contributed by atoms with Crippen LogP contribution in [0.5, 0.6) is 0 Å². The molecule has 0 saturated carbocycles. The van der Waals surface area contributed by atoms with Crippen LogP contribution in [-0.2, 0) is 9.59 Å². The zero-order valence-electron chi connectivity index (χ0n) is 25.2. The molecule has 3 N–H and O–H groups in total. The Bertz CT molecular complexity index is 2100. The van der Waals surface area contributed by atoms with Crippen LogP contribution in [0.15, 0.2) is 136 Å². The van der Waals surface area contributed by atoms with Crippen LogP contribution in [0.4, 0.5) is 11.4 Å². The molecule has 0 saturated heterocycles. The van der Waals surface area contributed by atoms with Crippen molar-refractivity contribution in [1.82, 2.24) is 5.32 Å². The number of benzene rings is 5. The molecule has 0 atom stereocenters. The van der Waals surface area contributed by atoms with Crippen molar-refractivity contribution < 1.29 is 24.0 Å². The third-order valence-corrected chi connectivity index (χ3v) is 8.96. The van der Waals surface area contributed by atoms with E-state index in [-0.39, 0.29) is 45.7 Å². The SMILES string of the molecule is O=C(CSc1ccc(NC(=O)/C(=C/c2ccc(Br)cc2)NC(=O)c2ccccc2)cc1)Nc1cccc2c1C(=O)c1ccccc1C2=O. The zero-order chi connectivity index (χ0) is 33.6. The van der Waals surface area contributed by atoms with Gasteiger partial charge in [0.05, 0.1) is 17.0 Å². The van der Waals surface area contributed by atoms with E-state index in [4.69, 9.17) is 0 Å². The molecule has 0 fully saturated rings. The maximum Gasteiger partial charge on any atom is 0.272 e. The summed E-state index contributed by atoms with van der Waals surface area (Å²) < 4.78 is 0.881. The molecule has 0 unspecified atom stereocenters. The van der Waals surface area contributed by atoms with Crippen LogP contribution in [0.3, 0.4) is 0 Å². The maximum atomic E-state index is 13.3. The molecule has 0 bridgehead atoms. The molecule has 8 nitrogen and oxygen atoms in total. The summed E-state index contributed by atoms with van der Waals surface area (Å²) in [5.41, 5.74) is 3.08. The lowest BCUT2D eigenvalue weighted by Crippen LogP contribution is -2.30. The lowest BCUT2D eigenvalue weighted by molar-refractivity contribution is -0.114. The van der Waals surface area contributed by atoms with Crippen molar-refractivity contribution in [1.29, 1.82) is 0 Å². The Morgan fingerprint density at radius 2 is 1.31 bits per heavy atom. The Morgan fingerprint density at radius 3 is 2.02 bits per heavy atom. The fourth-order valence-corrected chi connectivity index (χ4v) is 6.05. The van der Waals surface area contributed by atoms with Crippen molar-refractivity contribution in [3.8, 4) is 0 Å². The van der Waals surface area contributed by atoms with Gasteiger partial charge in [0.1, 0.15) is 5.70 Å². The Labute approximate surface area is 288 Å². The van der Waals surface area contributed by atoms with Gasteiger partial charge in [0.2, 0.25) is 5.91 Å². The number of anilines is 2. The normalized spacial score (nSPS) is 12.1. The molecule has 1 aliphatic carbocycles. The Balaban J connectivity index is 1.10. The van der Waals surface area contributed by atoms with E-state index >= 15 is 0 Å². The lowest BCUT2D eigenvalue weighted by atomic mass is 9.83. The first-order valence-electron chi connectivity index (χ1n) is 14.8. The van der Waals surface area contributed by atoms with Gasteiger partial charge in [0, 0.05) is 37.3 Å². The molecule has 5 aromatic rings. The number of fused-ring (bicyclic) bond motifs is 2. The van der Waals surface area contributed by atoms with Gasteiger partial charge in [0.15, 0.2) is 11.6 Å². The number of carbonyl (C=O) groups excluding carboxylic acids is 5. The molecular formula is C38H26BrN3O5S. The summed E-state index contributed by atoms with van der Waals surface area (Å²) in [6.45, 7) is 0. The van der Waals surface area contributed by atoms with E-state index in [9.17, 15) is 24.0 Å². The standard InChI is InChI=1S/C38H26BrN3O5S/c39-25-15-13-23(14-16-25)21-32(42-37(46)24-7-2-1-3-8-24)38(47)40-26-17-19-27(20-18-26)48-22-33(43)41-31-12-6-11-30-34(31)36(45)29-10-5-4-9-28(29)35(30)44/h1-21H,22H2,(H,40,47)(H,41,43)(H,42,46)/b32-21-. The highest BCUT2D eigenvalue weighted by Crippen LogP contribution is 2.32. The van der Waals surface area contributed by atoms with Gasteiger partial charge in [-0.25, -0.2) is 0 Å². The number of hydrogen-bond acceptors (Lipinski definition) is 6. The number of ketones is 2. The Kier molecular flexibility index (Phi) is 9.75. The molecule has 0 aliphatic heterocycles. The highest BCUT2D eigenvalue weighted by atomic mass is 79.9. The van der Waals surface area contributed by atoms with Gasteiger partial charge in [-0.05, 0) is 66.2 Å². The van der Waals surface area contributed by atoms with Crippen molar-refractivity contribution in [3.63, 3.8) is 0 Å². The zero-order valence-corrected chi connectivity index (χ0v) is 27.6. The molecule has 0 heterocycles. The highest BCUT2D eigenvalue weighted by Gasteiger charge is 2.31. The van der Waals surface area contributed by atoms with Gasteiger partial charge in [-0.2, -0.15) is 0 Å². The van der Waals surface area contributed by atoms with Crippen molar-refractivity contribution in [2.24, 2.45) is 0 Å². The first-order chi connectivity index (χ1) is 23.3. The molecule has 1 aliphatic rings. The van der Waals surface area contributed by atoms with E-state index in [1.165, 1.54) is 11.8 Å². The number of hydrogen-bond donors (Lipinski definition) is 3. The number of halogens is 1. The van der Waals surface area contributed by atoms with Crippen LogP contribution in [0.25, 0.3) is 6.08 Å². The van der Waals surface area contributed by atoms with Gasteiger partial charge in [0.25, 0.3) is 11.8 Å². The van der Waals surface area contributed by atoms with Crippen molar-refractivity contribution in [3.05, 3.63) is 165 Å². The van der Waals surface area contributed by atoms with Gasteiger partial charge >= 0.3 is 0 Å². The number of nitrogens with one attached hydrogen (secondary N) is 3. The molecule has 3 amide bonds. The number of rotatable bonds is 9. The molecule has 48 heavy (non-hydrogen) atoms. The average Bonchev–Trinajstić information content (AvgIpc) is 3.11. The minimum absolute atomic E-state index is 0.0414. The van der Waals surface area contributed by atoms with Crippen molar-refractivity contribution in [2.45, 2.75) is 4.90 Å². The van der Waals surface area contributed by atoms with Gasteiger partial charge in [-0.3, -0.25) is 24.0 Å². The molecule has 6 rings (SSSR count). The molecule has 236 valence electrons. The lowest BCUT2D eigenvalue weighted by Gasteiger charge is -2.20. The van der Waals surface area contributed by atoms with E-state index in [1.807, 2.05) is 24.3 Å². The molecule has 0 aromatic heterocycles. The predicted octanol–water partition coefficient (Wildman–Crippen LogP) is 7.36. The monoisotopic (exact) mass is 715 g/mol. The second-order valence-corrected chi connectivity index (χ2v) is 12.6. The van der Waals surface area contributed by atoms with Crippen LogP contribution in [-0.4, -0.2) is 35.0 Å². The fraction of sp³-hybridized carbons (Fsp3) is 0.0263. The third kappa shape index (κ3) is 7.35. The van der Waals surface area contributed by atoms with Crippen molar-refractivity contribution >= 4 is 74.4 Å². The fourth-order valence-electron chi connectivity index (χ4n) is 5.09. The highest BCUT2D eigenvalue weighted by molar-refractivity contribution is 9.10. The van der Waals surface area contributed by atoms with E-state index in [0.29, 0.717) is 22.4 Å². The molecular weight excluding hydrogens is 690 g/mol. The van der Waals surface area contributed by atoms with Crippen LogP contribution in [0.2, 0.25) is 0 Å². The summed E-state index contributed by atoms with van der Waals surface area (Å²) in [5.74, 6) is -1.80. The smallest absolute Gasteiger partial charge is 0.272 e. The summed E-state index contributed by atoms with van der Waals surface area (Å²) >= 11 is 4.67. The molecule has 0 radical (unpaired) electrons. The number of carbonyl (C=O) groups is 5. The number of amides is 3. The largest absolute Gasteiger partial charge is 0.325 e. The van der Waals surface area contributed by atoms with E-state index in [0.717, 1.165) is 14.9 Å². The summed E-state index contributed by atoms with van der Waals surface area (Å²) in [6.07, 6.45) is 1.59. The summed E-state index contributed by atoms with van der Waals surface area (Å²) in [6, 6.07) is 34.3. The molecule has 0 spiro atoms. The Hall–Kier alpha value is -5.58. The van der Waals surface area contributed by atoms with Crippen LogP contribution in [0, 0.1) is 0 Å². The van der Waals surface area contributed by atoms with Gasteiger partial charge in [-0.15, -0.1) is 11.8 Å². The Morgan fingerprint density at radius 1 is 0.667 bits per heavy atom. The average molecular weight is 717 g/mol. The van der Waals surface area contributed by atoms with Crippen molar-refractivity contribution in [2.75, 3.05) is 16.4 Å². The van der Waals surface area contributed by atoms with E-state index in [2.05, 4.69) is 31.9 Å². The van der Waals surface area contributed by atoms with Gasteiger partial charge < -0.3 is 16.0 Å². The van der Waals surface area contributed by atoms with Crippen LogP contribution >= 0.6 is 27.7 Å². The third-order valence-electron chi connectivity index (χ3n) is 7.42. The molecule has 5 aromatic carbocycles. The van der Waals surface area contributed by atoms with Crippen LogP contribution in [0.1, 0.15) is 47.8 Å². The minimum Gasteiger partial charge on any atom is -0.325 e. The van der Waals surface area contributed by atoms with Crippen LogP contribution < -0.4 is 16.0 Å². The second-order valence-electron chi connectivity index (χ2n) is 10.7. The first kappa shape index (κ1) is 32.4. The topological polar surface area (TPSA) is 121 Å². The summed E-state index contributed by atoms with van der Waals surface area (Å²) in [4.78, 5) is 66.2. The quantitative estimate of drug-likeness (QED) is 0.106. The van der Waals surface area contributed by atoms with Gasteiger partial charge in [-0.1, -0.05) is 82.7 Å². The first-order valence-corrected chi connectivity index (χ1v) is 16.5. The van der Waals surface area contributed by atoms with E-state index < -0.39 is 11.8 Å². The minimum atomic E-state index is -0.510. The number of thioether (sulfide) groups is 1. The maximum absolute atomic E-state index is 13.3. The van der Waals surface area contributed by atoms with E-state index in [1.54, 1.807) is 103 Å². The second kappa shape index (κ2) is 14.5. The summed E-state index contributed by atoms with van der Waals surface area (Å²) in [7, 11) is 0. The predicted molar refractivity (Wildman–Crippen MR) is 190 cm³/mol.